The van der Waals surface area contributed by atoms with Gasteiger partial charge in [0.25, 0.3) is 0 Å². The van der Waals surface area contributed by atoms with Gasteiger partial charge in [-0.1, -0.05) is 41.3 Å². The first-order chi connectivity index (χ1) is 13.2. The van der Waals surface area contributed by atoms with E-state index in [0.29, 0.717) is 24.0 Å². The highest BCUT2D eigenvalue weighted by atomic mass is 32.2. The normalized spacial score (nSPS) is 13.3. The van der Waals surface area contributed by atoms with E-state index < -0.39 is 0 Å². The van der Waals surface area contributed by atoms with Crippen LogP contribution in [0.3, 0.4) is 0 Å². The maximum absolute atomic E-state index is 12.5. The number of thioether (sulfide) groups is 1. The molecule has 1 heterocycles. The second-order valence-corrected chi connectivity index (χ2v) is 8.14. The lowest BCUT2D eigenvalue weighted by molar-refractivity contribution is -0.126. The highest BCUT2D eigenvalue weighted by molar-refractivity contribution is 8.01. The smallest absolute Gasteiger partial charge is 0.237 e. The van der Waals surface area contributed by atoms with Crippen molar-refractivity contribution in [1.82, 2.24) is 15.1 Å². The minimum Gasteiger partial charge on any atom is -0.492 e. The largest absolute Gasteiger partial charge is 0.492 e. The first kappa shape index (κ1) is 19.7. The molecule has 3 rings (SSSR count). The van der Waals surface area contributed by atoms with Crippen molar-refractivity contribution in [1.29, 1.82) is 0 Å². The van der Waals surface area contributed by atoms with Gasteiger partial charge < -0.3 is 15.0 Å². The number of aromatic nitrogens is 2. The van der Waals surface area contributed by atoms with Crippen molar-refractivity contribution in [3.63, 3.8) is 0 Å². The van der Waals surface area contributed by atoms with Gasteiger partial charge in [-0.05, 0) is 45.2 Å². The summed E-state index contributed by atoms with van der Waals surface area (Å²) in [6, 6.07) is 7.73. The van der Waals surface area contributed by atoms with E-state index in [9.17, 15) is 4.79 Å². The number of ether oxygens (including phenoxy) is 1. The van der Waals surface area contributed by atoms with Crippen LogP contribution in [0, 0.1) is 0 Å². The first-order valence-electron chi connectivity index (χ1n) is 9.15. The minimum atomic E-state index is 0.127. The molecule has 6 nitrogen and oxygen atoms in total. The fourth-order valence-electron chi connectivity index (χ4n) is 2.93. The zero-order valence-corrected chi connectivity index (χ0v) is 17.2. The molecule has 1 N–H and O–H groups in total. The number of anilines is 2. The molecular weight excluding hydrogens is 380 g/mol. The molecule has 8 heteroatoms. The Morgan fingerprint density at radius 1 is 1.33 bits per heavy atom. The number of carbonyl (C=O) groups is 1. The summed E-state index contributed by atoms with van der Waals surface area (Å²) >= 11 is 2.87. The van der Waals surface area contributed by atoms with Gasteiger partial charge in [-0.15, -0.1) is 10.2 Å². The summed E-state index contributed by atoms with van der Waals surface area (Å²) in [6.45, 7) is 5.28. The third-order valence-electron chi connectivity index (χ3n) is 4.14. The molecule has 0 unspecified atom stereocenters. The average molecular weight is 405 g/mol. The molecule has 0 spiro atoms. The van der Waals surface area contributed by atoms with Gasteiger partial charge in [-0.25, -0.2) is 0 Å². The van der Waals surface area contributed by atoms with Gasteiger partial charge in [0.1, 0.15) is 5.75 Å². The van der Waals surface area contributed by atoms with E-state index in [4.69, 9.17) is 4.74 Å². The van der Waals surface area contributed by atoms with Crippen molar-refractivity contribution in [3.05, 3.63) is 36.0 Å². The van der Waals surface area contributed by atoms with Crippen molar-refractivity contribution in [3.8, 4) is 5.75 Å². The van der Waals surface area contributed by atoms with Gasteiger partial charge >= 0.3 is 0 Å². The summed E-state index contributed by atoms with van der Waals surface area (Å²) in [7, 11) is 0. The molecule has 1 aliphatic carbocycles. The van der Waals surface area contributed by atoms with E-state index in [1.807, 2.05) is 43.0 Å². The van der Waals surface area contributed by atoms with Gasteiger partial charge in [0.2, 0.25) is 11.0 Å². The number of nitrogens with one attached hydrogen (secondary N) is 1. The molecule has 0 saturated carbocycles. The zero-order chi connectivity index (χ0) is 19.1. The van der Waals surface area contributed by atoms with Gasteiger partial charge in [-0.2, -0.15) is 0 Å². The van der Waals surface area contributed by atoms with Crippen LogP contribution in [0.25, 0.3) is 0 Å². The van der Waals surface area contributed by atoms with Gasteiger partial charge in [0, 0.05) is 12.2 Å². The molecule has 0 atom stereocenters. The number of para-hydroxylation sites is 2. The molecule has 1 amide bonds. The molecule has 1 aromatic heterocycles. The van der Waals surface area contributed by atoms with Crippen LogP contribution in [0.15, 0.2) is 40.4 Å². The van der Waals surface area contributed by atoms with Crippen LogP contribution < -0.4 is 10.1 Å². The summed E-state index contributed by atoms with van der Waals surface area (Å²) in [6.07, 6.45) is 5.38. The predicted octanol–water partition coefficient (Wildman–Crippen LogP) is 4.69. The van der Waals surface area contributed by atoms with E-state index in [-0.39, 0.29) is 5.91 Å². The predicted molar refractivity (Wildman–Crippen MR) is 111 cm³/mol. The van der Waals surface area contributed by atoms with Crippen molar-refractivity contribution >= 4 is 39.8 Å². The van der Waals surface area contributed by atoms with Crippen molar-refractivity contribution < 1.29 is 9.53 Å². The lowest BCUT2D eigenvalue weighted by atomic mass is 10.3. The highest BCUT2D eigenvalue weighted by Crippen LogP contribution is 2.32. The molecule has 0 saturated heterocycles. The Morgan fingerprint density at radius 2 is 2.19 bits per heavy atom. The molecule has 0 bridgehead atoms. The molecule has 2 aromatic rings. The van der Waals surface area contributed by atoms with Crippen LogP contribution in [-0.2, 0) is 4.79 Å². The first-order valence-corrected chi connectivity index (χ1v) is 11.0. The van der Waals surface area contributed by atoms with E-state index >= 15 is 0 Å². The van der Waals surface area contributed by atoms with Gasteiger partial charge in [0.05, 0.1) is 18.0 Å². The Kier molecular flexibility index (Phi) is 7.11. The average Bonchev–Trinajstić information content (AvgIpc) is 3.35. The molecule has 27 heavy (non-hydrogen) atoms. The van der Waals surface area contributed by atoms with Crippen molar-refractivity contribution in [2.75, 3.05) is 24.2 Å². The van der Waals surface area contributed by atoms with Crippen LogP contribution >= 0.6 is 23.1 Å². The topological polar surface area (TPSA) is 67.3 Å². The Balaban J connectivity index is 1.57. The third-order valence-corrected chi connectivity index (χ3v) is 6.09. The fraction of sp³-hybridized carbons (Fsp3) is 0.421. The van der Waals surface area contributed by atoms with Crippen LogP contribution in [-0.4, -0.2) is 39.9 Å². The third kappa shape index (κ3) is 5.23. The number of benzene rings is 1. The Labute approximate surface area is 168 Å². The minimum absolute atomic E-state index is 0.127. The fourth-order valence-corrected chi connectivity index (χ4v) is 4.57. The molecule has 0 aliphatic heterocycles. The van der Waals surface area contributed by atoms with Gasteiger partial charge in [-0.3, -0.25) is 4.79 Å². The second kappa shape index (κ2) is 9.75. The monoisotopic (exact) mass is 404 g/mol. The maximum Gasteiger partial charge on any atom is 0.237 e. The van der Waals surface area contributed by atoms with Crippen molar-refractivity contribution in [2.45, 2.75) is 37.4 Å². The molecule has 1 aliphatic rings. The molecule has 144 valence electrons. The number of rotatable bonds is 9. The van der Waals surface area contributed by atoms with Crippen LogP contribution in [0.4, 0.5) is 10.8 Å². The number of allylic oxidation sites excluding steroid dienone is 2. The van der Waals surface area contributed by atoms with Gasteiger partial charge in [0.15, 0.2) is 4.34 Å². The van der Waals surface area contributed by atoms with Crippen LogP contribution in [0.5, 0.6) is 5.75 Å². The Bertz CT molecular complexity index is 807. The molecule has 0 fully saturated rings. The SMILES string of the molecule is CCOc1ccccc1Nc1nnc(SCC(=O)N(CC)C2=CCCC2)s1. The lowest BCUT2D eigenvalue weighted by Crippen LogP contribution is -2.31. The summed E-state index contributed by atoms with van der Waals surface area (Å²) < 4.78 is 6.39. The number of nitrogens with zero attached hydrogens (tertiary/aromatic N) is 3. The number of hydrogen-bond donors (Lipinski definition) is 1. The summed E-state index contributed by atoms with van der Waals surface area (Å²) in [5.41, 5.74) is 2.02. The van der Waals surface area contributed by atoms with Crippen LogP contribution in [0.1, 0.15) is 33.1 Å². The maximum atomic E-state index is 12.5. The van der Waals surface area contributed by atoms with Crippen molar-refractivity contribution in [2.24, 2.45) is 0 Å². The summed E-state index contributed by atoms with van der Waals surface area (Å²) in [5, 5.41) is 12.3. The van der Waals surface area contributed by atoms with E-state index in [2.05, 4.69) is 21.6 Å². The molecule has 0 radical (unpaired) electrons. The molecular formula is C19H24N4O2S2. The number of carbonyl (C=O) groups excluding carboxylic acids is 1. The lowest BCUT2D eigenvalue weighted by Gasteiger charge is -2.21. The highest BCUT2D eigenvalue weighted by Gasteiger charge is 2.19. The molecule has 1 aromatic carbocycles. The zero-order valence-electron chi connectivity index (χ0n) is 15.6. The van der Waals surface area contributed by atoms with E-state index in [0.717, 1.165) is 40.7 Å². The summed E-state index contributed by atoms with van der Waals surface area (Å²) in [4.78, 5) is 14.4. The summed E-state index contributed by atoms with van der Waals surface area (Å²) in [5.74, 6) is 1.28. The Hall–Kier alpha value is -2.06. The van der Waals surface area contributed by atoms with E-state index in [1.54, 1.807) is 0 Å². The Morgan fingerprint density at radius 3 is 2.93 bits per heavy atom. The van der Waals surface area contributed by atoms with E-state index in [1.165, 1.54) is 23.1 Å². The quantitative estimate of drug-likeness (QED) is 0.612. The number of amides is 1. The number of hydrogen-bond acceptors (Lipinski definition) is 7. The second-order valence-electron chi connectivity index (χ2n) is 5.94. The standard InChI is InChI=1S/C19H24N4O2S2/c1-3-23(14-9-5-6-10-14)17(24)13-26-19-22-21-18(27-19)20-15-11-7-8-12-16(15)25-4-2/h7-9,11-12H,3-6,10,13H2,1-2H3,(H,20,21). The van der Waals surface area contributed by atoms with Crippen LogP contribution in [0.2, 0.25) is 0 Å².